The van der Waals surface area contributed by atoms with Crippen molar-refractivity contribution < 1.29 is 9.53 Å². The van der Waals surface area contributed by atoms with E-state index in [0.717, 1.165) is 12.1 Å². The van der Waals surface area contributed by atoms with Crippen LogP contribution < -0.4 is 15.4 Å². The fraction of sp³-hybridized carbons (Fsp3) is 0.533. The number of rotatable bonds is 6. The van der Waals surface area contributed by atoms with E-state index in [0.29, 0.717) is 10.8 Å². The third-order valence-electron chi connectivity index (χ3n) is 3.27. The maximum Gasteiger partial charge on any atom is 0.242 e. The summed E-state index contributed by atoms with van der Waals surface area (Å²) in [5, 5.41) is 6.69. The molecule has 0 aromatic heterocycles. The zero-order valence-electron chi connectivity index (χ0n) is 12.7. The molecule has 20 heavy (non-hydrogen) atoms. The smallest absolute Gasteiger partial charge is 0.242 e. The van der Waals surface area contributed by atoms with Crippen molar-refractivity contribution in [1.29, 1.82) is 0 Å². The molecule has 1 amide bonds. The molecule has 1 aromatic carbocycles. The first-order valence-corrected chi connectivity index (χ1v) is 7.09. The largest absolute Gasteiger partial charge is 0.495 e. The van der Waals surface area contributed by atoms with Gasteiger partial charge in [0.25, 0.3) is 0 Å². The van der Waals surface area contributed by atoms with E-state index in [9.17, 15) is 4.79 Å². The first-order chi connectivity index (χ1) is 9.29. The number of halogens is 1. The van der Waals surface area contributed by atoms with Gasteiger partial charge in [0.15, 0.2) is 0 Å². The summed E-state index contributed by atoms with van der Waals surface area (Å²) >= 11 is 5.97. The van der Waals surface area contributed by atoms with Gasteiger partial charge >= 0.3 is 0 Å². The first kappa shape index (κ1) is 16.6. The van der Waals surface area contributed by atoms with Gasteiger partial charge < -0.3 is 15.4 Å². The Morgan fingerprint density at radius 1 is 1.45 bits per heavy atom. The summed E-state index contributed by atoms with van der Waals surface area (Å²) in [5.41, 5.74) is 0.591. The van der Waals surface area contributed by atoms with E-state index in [-0.39, 0.29) is 17.5 Å². The number of amides is 1. The number of anilines is 1. The normalized spacial score (nSPS) is 12.7. The van der Waals surface area contributed by atoms with Crippen LogP contribution in [0.4, 0.5) is 5.69 Å². The van der Waals surface area contributed by atoms with Gasteiger partial charge in [-0.1, -0.05) is 18.5 Å². The molecule has 0 aliphatic rings. The molecule has 1 rings (SSSR count). The van der Waals surface area contributed by atoms with Crippen LogP contribution in [0.2, 0.25) is 5.02 Å². The number of carbonyl (C=O) groups excluding carboxylic acids is 1. The van der Waals surface area contributed by atoms with Crippen LogP contribution in [0.15, 0.2) is 18.2 Å². The van der Waals surface area contributed by atoms with E-state index < -0.39 is 0 Å². The second-order valence-corrected chi connectivity index (χ2v) is 5.85. The van der Waals surface area contributed by atoms with Crippen LogP contribution in [0.3, 0.4) is 0 Å². The molecule has 0 spiro atoms. The number of nitrogens with one attached hydrogen (secondary N) is 2. The highest BCUT2D eigenvalue weighted by atomic mass is 35.5. The van der Waals surface area contributed by atoms with Crippen LogP contribution in [0.5, 0.6) is 5.75 Å². The Morgan fingerprint density at radius 3 is 2.65 bits per heavy atom. The molecule has 112 valence electrons. The lowest BCUT2D eigenvalue weighted by Gasteiger charge is -2.27. The predicted octanol–water partition coefficient (Wildman–Crippen LogP) is 3.45. The van der Waals surface area contributed by atoms with Gasteiger partial charge in [-0.25, -0.2) is 0 Å². The number of benzene rings is 1. The minimum absolute atomic E-state index is 0.0363. The molecule has 0 bridgehead atoms. The van der Waals surface area contributed by atoms with Crippen LogP contribution >= 0.6 is 11.6 Å². The molecule has 0 fully saturated rings. The number of hydrogen-bond donors (Lipinski definition) is 2. The zero-order valence-corrected chi connectivity index (χ0v) is 13.5. The van der Waals surface area contributed by atoms with Crippen molar-refractivity contribution in [1.82, 2.24) is 5.32 Å². The van der Waals surface area contributed by atoms with Crippen LogP contribution in [0.25, 0.3) is 0 Å². The van der Waals surface area contributed by atoms with Crippen molar-refractivity contribution in [3.8, 4) is 5.75 Å². The maximum absolute atomic E-state index is 12.1. The molecule has 0 saturated heterocycles. The molecule has 0 radical (unpaired) electrons. The molecule has 1 aromatic rings. The highest BCUT2D eigenvalue weighted by Crippen LogP contribution is 2.27. The highest BCUT2D eigenvalue weighted by Gasteiger charge is 2.21. The van der Waals surface area contributed by atoms with Crippen molar-refractivity contribution in [3.05, 3.63) is 23.2 Å². The maximum atomic E-state index is 12.1. The van der Waals surface area contributed by atoms with Crippen LogP contribution in [-0.2, 0) is 4.79 Å². The minimum Gasteiger partial charge on any atom is -0.495 e. The molecule has 0 saturated carbocycles. The van der Waals surface area contributed by atoms with Gasteiger partial charge in [0, 0.05) is 17.3 Å². The van der Waals surface area contributed by atoms with Crippen molar-refractivity contribution in [3.63, 3.8) is 0 Å². The van der Waals surface area contributed by atoms with E-state index in [1.165, 1.54) is 0 Å². The Bertz CT molecular complexity index is 475. The lowest BCUT2D eigenvalue weighted by atomic mass is 10.0. The average molecular weight is 299 g/mol. The Kier molecular flexibility index (Phi) is 5.69. The van der Waals surface area contributed by atoms with Gasteiger partial charge in [-0.2, -0.15) is 0 Å². The van der Waals surface area contributed by atoms with E-state index in [2.05, 4.69) is 10.6 Å². The lowest BCUT2D eigenvalue weighted by Crippen LogP contribution is -2.48. The molecule has 1 unspecified atom stereocenters. The van der Waals surface area contributed by atoms with Crippen molar-refractivity contribution in [2.75, 3.05) is 12.4 Å². The van der Waals surface area contributed by atoms with Gasteiger partial charge in [-0.05, 0) is 39.3 Å². The third-order valence-corrected chi connectivity index (χ3v) is 3.59. The fourth-order valence-electron chi connectivity index (χ4n) is 1.60. The highest BCUT2D eigenvalue weighted by molar-refractivity contribution is 6.32. The summed E-state index contributed by atoms with van der Waals surface area (Å²) in [6.07, 6.45) is 0.875. The van der Waals surface area contributed by atoms with Gasteiger partial charge in [0.05, 0.1) is 12.1 Å². The van der Waals surface area contributed by atoms with E-state index in [1.54, 1.807) is 19.2 Å². The molecule has 0 heterocycles. The van der Waals surface area contributed by atoms with Crippen LogP contribution in [-0.4, -0.2) is 24.6 Å². The number of ether oxygens (including phenoxy) is 1. The molecule has 0 aliphatic carbocycles. The van der Waals surface area contributed by atoms with Crippen LogP contribution in [0.1, 0.15) is 34.1 Å². The Morgan fingerprint density at radius 2 is 2.10 bits per heavy atom. The zero-order chi connectivity index (χ0) is 15.3. The standard InChI is InChI=1S/C15H23ClN2O2/c1-6-15(3,4)18-14(19)10(2)17-11-7-8-12(16)13(9-11)20-5/h7-10,17H,6H2,1-5H3,(H,18,19). The van der Waals surface area contributed by atoms with Gasteiger partial charge in [-0.3, -0.25) is 4.79 Å². The monoisotopic (exact) mass is 298 g/mol. The van der Waals surface area contributed by atoms with Gasteiger partial charge in [0.2, 0.25) is 5.91 Å². The Labute approximate surface area is 125 Å². The average Bonchev–Trinajstić information content (AvgIpc) is 2.40. The summed E-state index contributed by atoms with van der Waals surface area (Å²) in [7, 11) is 1.56. The molecule has 1 atom stereocenters. The predicted molar refractivity (Wildman–Crippen MR) is 83.6 cm³/mol. The summed E-state index contributed by atoms with van der Waals surface area (Å²) in [5.74, 6) is 0.545. The third kappa shape index (κ3) is 4.60. The van der Waals surface area contributed by atoms with Gasteiger partial charge in [0.1, 0.15) is 11.8 Å². The molecular formula is C15H23ClN2O2. The summed E-state index contributed by atoms with van der Waals surface area (Å²) < 4.78 is 5.15. The summed E-state index contributed by atoms with van der Waals surface area (Å²) in [6.45, 7) is 7.87. The topological polar surface area (TPSA) is 50.4 Å². The van der Waals surface area contributed by atoms with Crippen molar-refractivity contribution in [2.45, 2.75) is 45.7 Å². The fourth-order valence-corrected chi connectivity index (χ4v) is 1.79. The molecule has 2 N–H and O–H groups in total. The molecule has 5 heteroatoms. The first-order valence-electron chi connectivity index (χ1n) is 6.71. The minimum atomic E-state index is -0.341. The number of hydrogen-bond acceptors (Lipinski definition) is 3. The number of carbonyl (C=O) groups is 1. The van der Waals surface area contributed by atoms with E-state index in [4.69, 9.17) is 16.3 Å². The molecule has 4 nitrogen and oxygen atoms in total. The van der Waals surface area contributed by atoms with Crippen LogP contribution in [0, 0.1) is 0 Å². The van der Waals surface area contributed by atoms with E-state index in [1.807, 2.05) is 33.8 Å². The summed E-state index contributed by atoms with van der Waals surface area (Å²) in [4.78, 5) is 12.1. The van der Waals surface area contributed by atoms with Crippen molar-refractivity contribution in [2.24, 2.45) is 0 Å². The molecule has 0 aliphatic heterocycles. The van der Waals surface area contributed by atoms with Gasteiger partial charge in [-0.15, -0.1) is 0 Å². The SMILES string of the molecule is CCC(C)(C)NC(=O)C(C)Nc1ccc(Cl)c(OC)c1. The second-order valence-electron chi connectivity index (χ2n) is 5.44. The van der Waals surface area contributed by atoms with Crippen molar-refractivity contribution >= 4 is 23.2 Å². The molecular weight excluding hydrogens is 276 g/mol. The second kappa shape index (κ2) is 6.84. The number of methoxy groups -OCH3 is 1. The summed E-state index contributed by atoms with van der Waals surface area (Å²) in [6, 6.07) is 4.99. The lowest BCUT2D eigenvalue weighted by molar-refractivity contribution is -0.123. The van der Waals surface area contributed by atoms with E-state index >= 15 is 0 Å². The quantitative estimate of drug-likeness (QED) is 0.845. The Balaban J connectivity index is 2.70. The Hall–Kier alpha value is -1.42.